The first-order chi connectivity index (χ1) is 12.2. The van der Waals surface area contributed by atoms with E-state index in [1.165, 1.54) is 0 Å². The molecule has 1 fully saturated rings. The van der Waals surface area contributed by atoms with Gasteiger partial charge in [0.05, 0.1) is 19.6 Å². The average molecular weight is 347 g/mol. The number of rotatable bonds is 9. The molecule has 1 aliphatic heterocycles. The lowest BCUT2D eigenvalue weighted by molar-refractivity contribution is -0.149. The van der Waals surface area contributed by atoms with Crippen LogP contribution in [0.5, 0.6) is 11.5 Å². The first kappa shape index (κ1) is 19.3. The minimum absolute atomic E-state index is 0.0506. The number of esters is 1. The van der Waals surface area contributed by atoms with E-state index < -0.39 is 0 Å². The van der Waals surface area contributed by atoms with Gasteiger partial charge in [-0.15, -0.1) is 6.58 Å². The summed E-state index contributed by atoms with van der Waals surface area (Å²) in [6.45, 7) is 9.31. The molecular weight excluding hydrogens is 318 g/mol. The second kappa shape index (κ2) is 10.1. The Morgan fingerprint density at radius 3 is 2.72 bits per heavy atom. The lowest BCUT2D eigenvalue weighted by Gasteiger charge is -2.30. The Balaban J connectivity index is 1.76. The molecule has 0 N–H and O–H groups in total. The van der Waals surface area contributed by atoms with Gasteiger partial charge in [-0.2, -0.15) is 0 Å². The van der Waals surface area contributed by atoms with Crippen molar-refractivity contribution in [2.75, 3.05) is 40.0 Å². The molecule has 0 spiro atoms. The van der Waals surface area contributed by atoms with Gasteiger partial charge in [-0.05, 0) is 57.0 Å². The first-order valence-electron chi connectivity index (χ1n) is 8.97. The fraction of sp³-hybridized carbons (Fsp3) is 0.550. The fourth-order valence-corrected chi connectivity index (χ4v) is 3.06. The number of likely N-dealkylation sites (tertiary alicyclic amines) is 1. The van der Waals surface area contributed by atoms with Gasteiger partial charge >= 0.3 is 5.97 Å². The standard InChI is InChI=1S/C20H29NO4/c1-4-6-16-7-8-18(19(15-16)23-3)25-14-13-21-11-9-17(10-12-21)20(22)24-5-2/h4,7-8,15,17H,1,5-6,9-14H2,2-3H3. The molecular formula is C20H29NO4. The maximum atomic E-state index is 11.8. The monoisotopic (exact) mass is 347 g/mol. The van der Waals surface area contributed by atoms with Crippen molar-refractivity contribution in [1.82, 2.24) is 4.90 Å². The van der Waals surface area contributed by atoms with E-state index in [9.17, 15) is 4.79 Å². The highest BCUT2D eigenvalue weighted by atomic mass is 16.5. The fourth-order valence-electron chi connectivity index (χ4n) is 3.06. The molecule has 1 saturated heterocycles. The lowest BCUT2D eigenvalue weighted by atomic mass is 9.97. The van der Waals surface area contributed by atoms with E-state index in [-0.39, 0.29) is 11.9 Å². The van der Waals surface area contributed by atoms with Crippen LogP contribution in [0.3, 0.4) is 0 Å². The number of nitrogens with zero attached hydrogens (tertiary/aromatic N) is 1. The van der Waals surface area contributed by atoms with Crippen LogP contribution < -0.4 is 9.47 Å². The number of ether oxygens (including phenoxy) is 3. The maximum absolute atomic E-state index is 11.8. The molecule has 1 aromatic carbocycles. The Bertz CT molecular complexity index is 565. The van der Waals surface area contributed by atoms with Crippen LogP contribution in [-0.2, 0) is 16.0 Å². The number of carbonyl (C=O) groups is 1. The van der Waals surface area contributed by atoms with Gasteiger partial charge in [0.2, 0.25) is 0 Å². The third kappa shape index (κ3) is 5.78. The summed E-state index contributed by atoms with van der Waals surface area (Å²) >= 11 is 0. The van der Waals surface area contributed by atoms with Crippen LogP contribution in [0.2, 0.25) is 0 Å². The first-order valence-corrected chi connectivity index (χ1v) is 8.97. The molecule has 0 atom stereocenters. The molecule has 2 rings (SSSR count). The topological polar surface area (TPSA) is 48.0 Å². The van der Waals surface area contributed by atoms with Gasteiger partial charge in [-0.1, -0.05) is 12.1 Å². The van der Waals surface area contributed by atoms with Gasteiger partial charge in [0.25, 0.3) is 0 Å². The van der Waals surface area contributed by atoms with Gasteiger partial charge < -0.3 is 14.2 Å². The SMILES string of the molecule is C=CCc1ccc(OCCN2CCC(C(=O)OCC)CC2)c(OC)c1. The van der Waals surface area contributed by atoms with E-state index in [0.29, 0.717) is 13.2 Å². The molecule has 138 valence electrons. The molecule has 0 unspecified atom stereocenters. The average Bonchev–Trinajstić information content (AvgIpc) is 2.63. The summed E-state index contributed by atoms with van der Waals surface area (Å²) in [4.78, 5) is 14.1. The molecule has 1 heterocycles. The number of allylic oxidation sites excluding steroid dienone is 1. The van der Waals surface area contributed by atoms with Gasteiger partial charge in [-0.3, -0.25) is 9.69 Å². The molecule has 25 heavy (non-hydrogen) atoms. The van der Waals surface area contributed by atoms with Crippen molar-refractivity contribution >= 4 is 5.97 Å². The van der Waals surface area contributed by atoms with Crippen LogP contribution in [-0.4, -0.2) is 50.8 Å². The third-order valence-electron chi connectivity index (χ3n) is 4.48. The summed E-state index contributed by atoms with van der Waals surface area (Å²) in [6.07, 6.45) is 4.40. The molecule has 0 bridgehead atoms. The Morgan fingerprint density at radius 2 is 2.08 bits per heavy atom. The Hall–Kier alpha value is -2.01. The molecule has 0 aromatic heterocycles. The van der Waals surface area contributed by atoms with Crippen LogP contribution in [0.25, 0.3) is 0 Å². The van der Waals surface area contributed by atoms with E-state index in [1.54, 1.807) is 7.11 Å². The minimum Gasteiger partial charge on any atom is -0.493 e. The zero-order valence-corrected chi connectivity index (χ0v) is 15.3. The highest BCUT2D eigenvalue weighted by Crippen LogP contribution is 2.28. The van der Waals surface area contributed by atoms with Crippen LogP contribution >= 0.6 is 0 Å². The molecule has 0 radical (unpaired) electrons. The molecule has 1 aromatic rings. The van der Waals surface area contributed by atoms with Gasteiger partial charge in [0, 0.05) is 6.54 Å². The smallest absolute Gasteiger partial charge is 0.309 e. The van der Waals surface area contributed by atoms with E-state index in [2.05, 4.69) is 11.5 Å². The molecule has 5 nitrogen and oxygen atoms in total. The molecule has 0 amide bonds. The van der Waals surface area contributed by atoms with Crippen molar-refractivity contribution in [1.29, 1.82) is 0 Å². The maximum Gasteiger partial charge on any atom is 0.309 e. The lowest BCUT2D eigenvalue weighted by Crippen LogP contribution is -2.39. The second-order valence-electron chi connectivity index (χ2n) is 6.19. The summed E-state index contributed by atoms with van der Waals surface area (Å²) in [7, 11) is 1.65. The quantitative estimate of drug-likeness (QED) is 0.507. The zero-order valence-electron chi connectivity index (χ0n) is 15.3. The summed E-state index contributed by atoms with van der Waals surface area (Å²) in [5, 5.41) is 0. The highest BCUT2D eigenvalue weighted by Gasteiger charge is 2.25. The van der Waals surface area contributed by atoms with E-state index in [1.807, 2.05) is 31.2 Å². The number of methoxy groups -OCH3 is 1. The largest absolute Gasteiger partial charge is 0.493 e. The van der Waals surface area contributed by atoms with Crippen LogP contribution in [0, 0.1) is 5.92 Å². The van der Waals surface area contributed by atoms with Gasteiger partial charge in [0.15, 0.2) is 11.5 Å². The van der Waals surface area contributed by atoms with Crippen molar-refractivity contribution in [3.8, 4) is 11.5 Å². The van der Waals surface area contributed by atoms with E-state index in [0.717, 1.165) is 56.0 Å². The number of hydrogen-bond acceptors (Lipinski definition) is 5. The van der Waals surface area contributed by atoms with Crippen LogP contribution in [0.1, 0.15) is 25.3 Å². The number of piperidine rings is 1. The Morgan fingerprint density at radius 1 is 1.32 bits per heavy atom. The third-order valence-corrected chi connectivity index (χ3v) is 4.48. The number of benzene rings is 1. The minimum atomic E-state index is -0.0530. The molecule has 5 heteroatoms. The molecule has 0 saturated carbocycles. The van der Waals surface area contributed by atoms with Crippen LogP contribution in [0.15, 0.2) is 30.9 Å². The predicted molar refractivity (Wildman–Crippen MR) is 98.2 cm³/mol. The Labute approximate surface area is 150 Å². The summed E-state index contributed by atoms with van der Waals surface area (Å²) in [5.74, 6) is 1.51. The predicted octanol–water partition coefficient (Wildman–Crippen LogP) is 3.08. The summed E-state index contributed by atoms with van der Waals surface area (Å²) < 4.78 is 16.4. The highest BCUT2D eigenvalue weighted by molar-refractivity contribution is 5.72. The van der Waals surface area contributed by atoms with E-state index >= 15 is 0 Å². The number of hydrogen-bond donors (Lipinski definition) is 0. The van der Waals surface area contributed by atoms with Crippen molar-refractivity contribution < 1.29 is 19.0 Å². The number of carbonyl (C=O) groups excluding carboxylic acids is 1. The second-order valence-corrected chi connectivity index (χ2v) is 6.19. The molecule has 0 aliphatic carbocycles. The molecule has 1 aliphatic rings. The van der Waals surface area contributed by atoms with Gasteiger partial charge in [0.1, 0.15) is 6.61 Å². The van der Waals surface area contributed by atoms with Crippen molar-refractivity contribution in [2.45, 2.75) is 26.2 Å². The van der Waals surface area contributed by atoms with Gasteiger partial charge in [-0.25, -0.2) is 0 Å². The summed E-state index contributed by atoms with van der Waals surface area (Å²) in [6, 6.07) is 5.97. The normalized spacial score (nSPS) is 15.6. The summed E-state index contributed by atoms with van der Waals surface area (Å²) in [5.41, 5.74) is 1.15. The zero-order chi connectivity index (χ0) is 18.1. The van der Waals surface area contributed by atoms with E-state index in [4.69, 9.17) is 14.2 Å². The van der Waals surface area contributed by atoms with Crippen molar-refractivity contribution in [2.24, 2.45) is 5.92 Å². The van der Waals surface area contributed by atoms with Crippen LogP contribution in [0.4, 0.5) is 0 Å². The Kier molecular flexibility index (Phi) is 7.79. The van der Waals surface area contributed by atoms with Crippen molar-refractivity contribution in [3.05, 3.63) is 36.4 Å². The van der Waals surface area contributed by atoms with Crippen molar-refractivity contribution in [3.63, 3.8) is 0 Å².